The lowest BCUT2D eigenvalue weighted by molar-refractivity contribution is -0.0664. The summed E-state index contributed by atoms with van der Waals surface area (Å²) in [6, 6.07) is 0. The number of rotatable bonds is 1. The van der Waals surface area contributed by atoms with E-state index in [2.05, 4.69) is 19.5 Å². The summed E-state index contributed by atoms with van der Waals surface area (Å²) in [5.74, 6) is 0.202. The molecule has 4 N–H and O–H groups in total. The SMILES string of the molecule is Nc1ncnc2c1ncn2[C@@H]1OC2COP(=O)(O)OC2[C@H]1O. The minimum Gasteiger partial charge on any atom is -0.386 e. The molecule has 0 bridgehead atoms. The maximum absolute atomic E-state index is 11.5. The Kier molecular flexibility index (Phi) is 2.98. The lowest BCUT2D eigenvalue weighted by Gasteiger charge is -2.27. The van der Waals surface area contributed by atoms with E-state index in [0.717, 1.165) is 0 Å². The normalized spacial score (nSPS) is 38.3. The van der Waals surface area contributed by atoms with E-state index in [1.54, 1.807) is 0 Å². The quantitative estimate of drug-likeness (QED) is 0.565. The van der Waals surface area contributed by atoms with Gasteiger partial charge in [0.15, 0.2) is 17.7 Å². The van der Waals surface area contributed by atoms with Gasteiger partial charge in [0.25, 0.3) is 0 Å². The molecule has 118 valence electrons. The van der Waals surface area contributed by atoms with E-state index in [1.807, 2.05) is 0 Å². The number of aromatic nitrogens is 4. The fourth-order valence-electron chi connectivity index (χ4n) is 2.62. The van der Waals surface area contributed by atoms with Crippen molar-refractivity contribution in [3.05, 3.63) is 12.7 Å². The molecule has 2 saturated heterocycles. The molecule has 4 rings (SSSR count). The van der Waals surface area contributed by atoms with Crippen LogP contribution in [0.3, 0.4) is 0 Å². The van der Waals surface area contributed by atoms with Crippen molar-refractivity contribution in [2.24, 2.45) is 0 Å². The molecular formula is C10H12N5O6P. The Bertz CT molecular complexity index is 782. The molecule has 2 aromatic heterocycles. The van der Waals surface area contributed by atoms with Gasteiger partial charge in [-0.05, 0) is 0 Å². The van der Waals surface area contributed by atoms with Crippen molar-refractivity contribution in [2.45, 2.75) is 24.5 Å². The average Bonchev–Trinajstić information content (AvgIpc) is 3.01. The average molecular weight is 329 g/mol. The van der Waals surface area contributed by atoms with Gasteiger partial charge >= 0.3 is 7.82 Å². The monoisotopic (exact) mass is 329 g/mol. The van der Waals surface area contributed by atoms with Crippen molar-refractivity contribution in [1.82, 2.24) is 19.5 Å². The van der Waals surface area contributed by atoms with Gasteiger partial charge in [0.2, 0.25) is 0 Å². The topological polar surface area (TPSA) is 155 Å². The van der Waals surface area contributed by atoms with Crippen molar-refractivity contribution >= 4 is 24.8 Å². The first kappa shape index (κ1) is 14.0. The third-order valence-electron chi connectivity index (χ3n) is 3.63. The predicted octanol–water partition coefficient (Wildman–Crippen LogP) is -0.817. The predicted molar refractivity (Wildman–Crippen MR) is 70.3 cm³/mol. The van der Waals surface area contributed by atoms with Crippen molar-refractivity contribution in [1.29, 1.82) is 0 Å². The number of ether oxygens (including phenoxy) is 1. The molecule has 2 aromatic rings. The zero-order valence-corrected chi connectivity index (χ0v) is 11.9. The van der Waals surface area contributed by atoms with Crippen LogP contribution in [0.4, 0.5) is 5.82 Å². The van der Waals surface area contributed by atoms with E-state index in [0.29, 0.717) is 11.2 Å². The second kappa shape index (κ2) is 4.69. The van der Waals surface area contributed by atoms with E-state index in [9.17, 15) is 14.6 Å². The minimum atomic E-state index is -4.16. The Hall–Kier alpha value is -1.62. The van der Waals surface area contributed by atoms with Gasteiger partial charge in [-0.25, -0.2) is 19.5 Å². The number of phosphoric ester groups is 1. The maximum Gasteiger partial charge on any atom is 0.472 e. The number of aliphatic hydroxyl groups excluding tert-OH is 1. The summed E-state index contributed by atoms with van der Waals surface area (Å²) in [5, 5.41) is 10.4. The Balaban J connectivity index is 1.71. The van der Waals surface area contributed by atoms with Gasteiger partial charge in [-0.3, -0.25) is 13.6 Å². The number of nitrogen functional groups attached to an aromatic ring is 1. The molecule has 5 atom stereocenters. The molecular weight excluding hydrogens is 317 g/mol. The molecule has 0 aromatic carbocycles. The third-order valence-corrected chi connectivity index (χ3v) is 4.61. The Labute approximate surface area is 123 Å². The zero-order chi connectivity index (χ0) is 15.5. The first-order chi connectivity index (χ1) is 10.5. The van der Waals surface area contributed by atoms with Gasteiger partial charge in [-0.15, -0.1) is 0 Å². The molecule has 0 aliphatic carbocycles. The van der Waals surface area contributed by atoms with Gasteiger partial charge in [-0.2, -0.15) is 0 Å². The van der Waals surface area contributed by atoms with Crippen molar-refractivity contribution in [3.63, 3.8) is 0 Å². The number of imidazole rings is 1. The second-order valence-electron chi connectivity index (χ2n) is 4.97. The largest absolute Gasteiger partial charge is 0.472 e. The van der Waals surface area contributed by atoms with Gasteiger partial charge < -0.3 is 20.5 Å². The first-order valence-corrected chi connectivity index (χ1v) is 7.88. The maximum atomic E-state index is 11.5. The molecule has 22 heavy (non-hydrogen) atoms. The molecule has 0 spiro atoms. The molecule has 2 fully saturated rings. The number of nitrogens with two attached hydrogens (primary N) is 1. The van der Waals surface area contributed by atoms with E-state index in [1.165, 1.54) is 17.2 Å². The molecule has 0 radical (unpaired) electrons. The molecule has 11 nitrogen and oxygen atoms in total. The lowest BCUT2D eigenvalue weighted by Crippen LogP contribution is -2.39. The fourth-order valence-corrected chi connectivity index (χ4v) is 3.59. The highest BCUT2D eigenvalue weighted by Gasteiger charge is 2.52. The number of fused-ring (bicyclic) bond motifs is 2. The zero-order valence-electron chi connectivity index (χ0n) is 11.0. The summed E-state index contributed by atoms with van der Waals surface area (Å²) in [5.41, 5.74) is 6.46. The number of nitrogens with zero attached hydrogens (tertiary/aromatic N) is 4. The van der Waals surface area contributed by atoms with Crippen LogP contribution in [0.25, 0.3) is 11.2 Å². The van der Waals surface area contributed by atoms with Crippen LogP contribution >= 0.6 is 7.82 Å². The summed E-state index contributed by atoms with van der Waals surface area (Å²) >= 11 is 0. The molecule has 4 heterocycles. The van der Waals surface area contributed by atoms with Crippen LogP contribution < -0.4 is 5.73 Å². The Morgan fingerprint density at radius 3 is 3.05 bits per heavy atom. The molecule has 0 amide bonds. The van der Waals surface area contributed by atoms with Gasteiger partial charge in [0.05, 0.1) is 12.9 Å². The highest BCUT2D eigenvalue weighted by atomic mass is 31.2. The van der Waals surface area contributed by atoms with Crippen molar-refractivity contribution in [2.75, 3.05) is 12.3 Å². The number of hydrogen-bond donors (Lipinski definition) is 3. The lowest BCUT2D eigenvalue weighted by atomic mass is 10.1. The summed E-state index contributed by atoms with van der Waals surface area (Å²) in [4.78, 5) is 21.3. The molecule has 2 aliphatic heterocycles. The van der Waals surface area contributed by atoms with E-state index in [4.69, 9.17) is 15.0 Å². The Morgan fingerprint density at radius 1 is 1.41 bits per heavy atom. The molecule has 3 unspecified atom stereocenters. The van der Waals surface area contributed by atoms with Crippen LogP contribution in [0.5, 0.6) is 0 Å². The Morgan fingerprint density at radius 2 is 2.23 bits per heavy atom. The fraction of sp³-hybridized carbons (Fsp3) is 0.500. The van der Waals surface area contributed by atoms with Crippen LogP contribution in [0, 0.1) is 0 Å². The molecule has 0 saturated carbocycles. The second-order valence-corrected chi connectivity index (χ2v) is 6.38. The highest BCUT2D eigenvalue weighted by molar-refractivity contribution is 7.47. The van der Waals surface area contributed by atoms with Gasteiger partial charge in [-0.1, -0.05) is 0 Å². The number of aliphatic hydroxyl groups is 1. The highest BCUT2D eigenvalue weighted by Crippen LogP contribution is 2.52. The van der Waals surface area contributed by atoms with Crippen LogP contribution in [-0.4, -0.2) is 54.4 Å². The molecule has 12 heteroatoms. The van der Waals surface area contributed by atoms with Crippen LogP contribution in [-0.2, 0) is 18.3 Å². The molecule has 2 aliphatic rings. The van der Waals surface area contributed by atoms with Crippen LogP contribution in [0.15, 0.2) is 12.7 Å². The van der Waals surface area contributed by atoms with Crippen LogP contribution in [0.2, 0.25) is 0 Å². The van der Waals surface area contributed by atoms with Crippen molar-refractivity contribution in [3.8, 4) is 0 Å². The minimum absolute atomic E-state index is 0.157. The van der Waals surface area contributed by atoms with E-state index >= 15 is 0 Å². The summed E-state index contributed by atoms with van der Waals surface area (Å²) in [6.45, 7) is -0.157. The third kappa shape index (κ3) is 2.02. The number of hydrogen-bond acceptors (Lipinski definition) is 9. The van der Waals surface area contributed by atoms with E-state index < -0.39 is 32.4 Å². The number of anilines is 1. The van der Waals surface area contributed by atoms with Crippen LogP contribution in [0.1, 0.15) is 6.23 Å². The first-order valence-electron chi connectivity index (χ1n) is 6.38. The smallest absolute Gasteiger partial charge is 0.386 e. The van der Waals surface area contributed by atoms with E-state index in [-0.39, 0.29) is 12.4 Å². The number of phosphoric acid groups is 1. The summed E-state index contributed by atoms with van der Waals surface area (Å²) < 4.78 is 28.2. The van der Waals surface area contributed by atoms with Crippen molar-refractivity contribution < 1.29 is 28.3 Å². The summed E-state index contributed by atoms with van der Waals surface area (Å²) in [6.07, 6.45) is -1.07. The van der Waals surface area contributed by atoms with Gasteiger partial charge in [0, 0.05) is 0 Å². The summed E-state index contributed by atoms with van der Waals surface area (Å²) in [7, 11) is -4.16. The standard InChI is InChI=1S/C10H12N5O6P/c11-8-5-9(13-2-12-8)15(3-14-5)10-6(16)7-4(20-10)1-19-22(17,18)21-7/h2-4,6-7,10,16H,1H2,(H,17,18)(H2,11,12,13)/t4?,6-,7?,10-/m1/s1. The van der Waals surface area contributed by atoms with Gasteiger partial charge in [0.1, 0.15) is 30.2 Å².